The van der Waals surface area contributed by atoms with E-state index in [1.165, 1.54) is 10.8 Å². The second-order valence-electron chi connectivity index (χ2n) is 13.0. The number of benzene rings is 8. The lowest BCUT2D eigenvalue weighted by Crippen LogP contribution is -1.99. The average Bonchev–Trinajstić information content (AvgIpc) is 3.79. The molecule has 0 bridgehead atoms. The van der Waals surface area contributed by atoms with Gasteiger partial charge in [0.05, 0.1) is 33.1 Å². The summed E-state index contributed by atoms with van der Waals surface area (Å²) in [5, 5.41) is 8.92. The number of fused-ring (bicyclic) bond motifs is 14. The second-order valence-corrected chi connectivity index (χ2v) is 13.0. The van der Waals surface area contributed by atoms with E-state index in [2.05, 4.69) is 130 Å². The van der Waals surface area contributed by atoms with Gasteiger partial charge in [0, 0.05) is 54.2 Å². The first-order valence-electron chi connectivity index (χ1n) is 16.8. The van der Waals surface area contributed by atoms with Gasteiger partial charge in [-0.15, -0.1) is 0 Å². The molecule has 12 aromatic rings. The maximum absolute atomic E-state index is 5.48. The molecule has 50 heavy (non-hydrogen) atoms. The van der Waals surface area contributed by atoms with Crippen molar-refractivity contribution < 1.29 is 0 Å². The third kappa shape index (κ3) is 3.22. The van der Waals surface area contributed by atoms with Crippen molar-refractivity contribution in [2.24, 2.45) is 0 Å². The molecule has 0 amide bonds. The first kappa shape index (κ1) is 26.1. The molecule has 0 fully saturated rings. The van der Waals surface area contributed by atoms with Crippen molar-refractivity contribution in [1.29, 1.82) is 0 Å². The van der Waals surface area contributed by atoms with Crippen LogP contribution in [0.25, 0.3) is 110 Å². The minimum Gasteiger partial charge on any atom is -0.275 e. The van der Waals surface area contributed by atoms with Gasteiger partial charge in [-0.25, -0.2) is 19.9 Å². The zero-order valence-corrected chi connectivity index (χ0v) is 26.5. The Balaban J connectivity index is 1.37. The highest BCUT2D eigenvalue weighted by Gasteiger charge is 2.26. The highest BCUT2D eigenvalue weighted by Crippen LogP contribution is 2.46. The topological polar surface area (TPSA) is 60.4 Å². The first-order chi connectivity index (χ1) is 24.8. The minimum absolute atomic E-state index is 0.874. The Labute approximate surface area is 283 Å². The average molecular weight is 637 g/mol. The molecule has 12 rings (SSSR count). The standard InChI is InChI=1S/C44H24N6/c1-3-13-25(14-4-1)41-45-33-23-9-7-17-27(33)43-47-37-29-19-11-20-30-35(29)36-31(39(37)49(41)43)21-12-22-32(36)40-38(30)48-44-28-18-8-10-24-34(28)46-42(50(40)44)26-15-5-2-6-16-26/h1-24H. The van der Waals surface area contributed by atoms with Crippen LogP contribution in [0.5, 0.6) is 0 Å². The number of nitrogens with zero attached hydrogens (tertiary/aromatic N) is 6. The SMILES string of the molecule is c1ccc(-c2nc3ccccc3c3nc4c5cccc6c7nc8c9ccccc9nc(-c9ccccc9)n8c7c7cccc(c7c56)c4n23)cc1. The first-order valence-corrected chi connectivity index (χ1v) is 16.8. The maximum atomic E-state index is 5.48. The fourth-order valence-electron chi connectivity index (χ4n) is 8.33. The van der Waals surface area contributed by atoms with Crippen LogP contribution >= 0.6 is 0 Å². The monoisotopic (exact) mass is 636 g/mol. The highest BCUT2D eigenvalue weighted by molar-refractivity contribution is 6.39. The third-order valence-electron chi connectivity index (χ3n) is 10.4. The lowest BCUT2D eigenvalue weighted by Gasteiger charge is -2.15. The van der Waals surface area contributed by atoms with E-state index < -0.39 is 0 Å². The summed E-state index contributed by atoms with van der Waals surface area (Å²) in [6, 6.07) is 50.8. The van der Waals surface area contributed by atoms with Crippen molar-refractivity contribution in [1.82, 2.24) is 28.7 Å². The predicted octanol–water partition coefficient (Wildman–Crippen LogP) is 10.6. The molecule has 0 saturated heterocycles. The summed E-state index contributed by atoms with van der Waals surface area (Å²) in [6.45, 7) is 0. The van der Waals surface area contributed by atoms with Crippen molar-refractivity contribution in [3.63, 3.8) is 0 Å². The largest absolute Gasteiger partial charge is 0.275 e. The number of para-hydroxylation sites is 2. The van der Waals surface area contributed by atoms with Gasteiger partial charge in [0.2, 0.25) is 0 Å². The van der Waals surface area contributed by atoms with Gasteiger partial charge >= 0.3 is 0 Å². The summed E-state index contributed by atoms with van der Waals surface area (Å²) in [5.41, 5.74) is 9.79. The molecule has 0 aliphatic heterocycles. The maximum Gasteiger partial charge on any atom is 0.149 e. The van der Waals surface area contributed by atoms with Crippen LogP contribution in [0.3, 0.4) is 0 Å². The van der Waals surface area contributed by atoms with Gasteiger partial charge in [0.1, 0.15) is 22.9 Å². The third-order valence-corrected chi connectivity index (χ3v) is 10.4. The van der Waals surface area contributed by atoms with Crippen LogP contribution in [-0.2, 0) is 0 Å². The van der Waals surface area contributed by atoms with E-state index in [1.54, 1.807) is 0 Å². The summed E-state index contributed by atoms with van der Waals surface area (Å²) < 4.78 is 4.57. The molecule has 6 heteroatoms. The van der Waals surface area contributed by atoms with Gasteiger partial charge in [-0.1, -0.05) is 121 Å². The molecule has 0 atom stereocenters. The van der Waals surface area contributed by atoms with Crippen LogP contribution in [-0.4, -0.2) is 28.7 Å². The van der Waals surface area contributed by atoms with Crippen LogP contribution < -0.4 is 0 Å². The molecule has 0 aliphatic carbocycles. The fraction of sp³-hybridized carbons (Fsp3) is 0. The van der Waals surface area contributed by atoms with Crippen LogP contribution in [0.2, 0.25) is 0 Å². The van der Waals surface area contributed by atoms with Gasteiger partial charge in [-0.05, 0) is 24.3 Å². The van der Waals surface area contributed by atoms with Crippen molar-refractivity contribution in [2.45, 2.75) is 0 Å². The molecule has 0 aliphatic rings. The van der Waals surface area contributed by atoms with E-state index in [4.69, 9.17) is 19.9 Å². The summed E-state index contributed by atoms with van der Waals surface area (Å²) in [7, 11) is 0. The minimum atomic E-state index is 0.874. The Morgan fingerprint density at radius 3 is 1.18 bits per heavy atom. The Kier molecular flexibility index (Phi) is 4.89. The quantitative estimate of drug-likeness (QED) is 0.177. The van der Waals surface area contributed by atoms with E-state index in [1.807, 2.05) is 24.3 Å². The normalized spacial score (nSPS) is 12.4. The molecule has 0 saturated carbocycles. The van der Waals surface area contributed by atoms with Gasteiger partial charge < -0.3 is 0 Å². The smallest absolute Gasteiger partial charge is 0.149 e. The van der Waals surface area contributed by atoms with E-state index in [9.17, 15) is 0 Å². The second kappa shape index (κ2) is 9.36. The molecule has 4 aromatic heterocycles. The van der Waals surface area contributed by atoms with Crippen LogP contribution in [0.1, 0.15) is 0 Å². The Morgan fingerprint density at radius 2 is 0.700 bits per heavy atom. The molecular formula is C44H24N6. The Bertz CT molecular complexity index is 3140. The van der Waals surface area contributed by atoms with Crippen LogP contribution in [0.4, 0.5) is 0 Å². The number of aromatic nitrogens is 6. The molecule has 0 unspecified atom stereocenters. The van der Waals surface area contributed by atoms with E-state index >= 15 is 0 Å². The highest BCUT2D eigenvalue weighted by atomic mass is 15.1. The van der Waals surface area contributed by atoms with E-state index in [0.29, 0.717) is 0 Å². The van der Waals surface area contributed by atoms with Crippen molar-refractivity contribution in [3.05, 3.63) is 146 Å². The molecular weight excluding hydrogens is 613 g/mol. The molecule has 0 spiro atoms. The molecule has 4 heterocycles. The number of rotatable bonds is 2. The Hall–Kier alpha value is -6.92. The Morgan fingerprint density at radius 1 is 0.320 bits per heavy atom. The van der Waals surface area contributed by atoms with E-state index in [0.717, 1.165) is 99.5 Å². The molecule has 0 N–H and O–H groups in total. The predicted molar refractivity (Wildman–Crippen MR) is 204 cm³/mol. The summed E-state index contributed by atoms with van der Waals surface area (Å²) >= 11 is 0. The van der Waals surface area contributed by atoms with Crippen molar-refractivity contribution >= 4 is 87.5 Å². The van der Waals surface area contributed by atoms with Gasteiger partial charge in [-0.3, -0.25) is 8.80 Å². The van der Waals surface area contributed by atoms with Crippen LogP contribution in [0, 0.1) is 0 Å². The van der Waals surface area contributed by atoms with E-state index in [-0.39, 0.29) is 0 Å². The lowest BCUT2D eigenvalue weighted by molar-refractivity contribution is 1.16. The number of hydrogen-bond donors (Lipinski definition) is 0. The lowest BCUT2D eigenvalue weighted by atomic mass is 9.91. The molecule has 6 nitrogen and oxygen atoms in total. The van der Waals surface area contributed by atoms with Gasteiger partial charge in [-0.2, -0.15) is 0 Å². The number of hydrogen-bond acceptors (Lipinski definition) is 4. The summed E-state index contributed by atoms with van der Waals surface area (Å²) in [6.07, 6.45) is 0. The zero-order chi connectivity index (χ0) is 32.5. The zero-order valence-electron chi connectivity index (χ0n) is 26.5. The summed E-state index contributed by atoms with van der Waals surface area (Å²) in [4.78, 5) is 21.5. The molecule has 0 radical (unpaired) electrons. The number of imidazole rings is 2. The van der Waals surface area contributed by atoms with Gasteiger partial charge in [0.15, 0.2) is 0 Å². The van der Waals surface area contributed by atoms with Crippen molar-refractivity contribution in [2.75, 3.05) is 0 Å². The molecule has 230 valence electrons. The van der Waals surface area contributed by atoms with Crippen molar-refractivity contribution in [3.8, 4) is 22.8 Å². The van der Waals surface area contributed by atoms with Gasteiger partial charge in [0.25, 0.3) is 0 Å². The molecule has 8 aromatic carbocycles. The fourth-order valence-corrected chi connectivity index (χ4v) is 8.33. The summed E-state index contributed by atoms with van der Waals surface area (Å²) in [5.74, 6) is 1.75. The van der Waals surface area contributed by atoms with Crippen LogP contribution in [0.15, 0.2) is 146 Å².